The Morgan fingerprint density at radius 2 is 1.57 bits per heavy atom. The molecule has 0 aliphatic heterocycles. The van der Waals surface area contributed by atoms with Crippen molar-refractivity contribution >= 4 is 29.3 Å². The van der Waals surface area contributed by atoms with Gasteiger partial charge in [0.2, 0.25) is 11.9 Å². The Morgan fingerprint density at radius 1 is 0.933 bits per heavy atom. The first-order chi connectivity index (χ1) is 14.2. The first-order valence-corrected chi connectivity index (χ1v) is 9.37. The molecule has 1 aromatic heterocycles. The van der Waals surface area contributed by atoms with Gasteiger partial charge >= 0.3 is 0 Å². The molecule has 8 nitrogen and oxygen atoms in total. The van der Waals surface area contributed by atoms with E-state index in [1.165, 1.54) is 6.20 Å². The van der Waals surface area contributed by atoms with E-state index in [0.717, 1.165) is 22.4 Å². The third kappa shape index (κ3) is 4.91. The Morgan fingerprint density at radius 3 is 2.13 bits per heavy atom. The van der Waals surface area contributed by atoms with Crippen molar-refractivity contribution in [3.8, 4) is 0 Å². The van der Waals surface area contributed by atoms with E-state index in [1.54, 1.807) is 0 Å². The third-order valence-corrected chi connectivity index (χ3v) is 4.51. The quantitative estimate of drug-likeness (QED) is 0.478. The molecule has 3 aromatic rings. The second kappa shape index (κ2) is 8.60. The number of carbonyl (C=O) groups is 2. The molecule has 0 fully saturated rings. The molecule has 0 saturated heterocycles. The zero-order valence-electron chi connectivity index (χ0n) is 17.1. The molecule has 0 aliphatic carbocycles. The van der Waals surface area contributed by atoms with Gasteiger partial charge in [-0.3, -0.25) is 9.59 Å². The number of rotatable bonds is 7. The van der Waals surface area contributed by atoms with Crippen molar-refractivity contribution in [3.63, 3.8) is 0 Å². The highest BCUT2D eigenvalue weighted by Gasteiger charge is 2.20. The van der Waals surface area contributed by atoms with Gasteiger partial charge in [-0.25, -0.2) is 4.98 Å². The van der Waals surface area contributed by atoms with Crippen LogP contribution in [0.1, 0.15) is 38.7 Å². The van der Waals surface area contributed by atoms with Crippen LogP contribution in [0.15, 0.2) is 48.7 Å². The highest BCUT2D eigenvalue weighted by atomic mass is 16.1. The minimum atomic E-state index is -0.834. The zero-order valence-corrected chi connectivity index (χ0v) is 17.1. The predicted octanol–water partition coefficient (Wildman–Crippen LogP) is 2.88. The lowest BCUT2D eigenvalue weighted by molar-refractivity contribution is -0.118. The van der Waals surface area contributed by atoms with Gasteiger partial charge in [-0.2, -0.15) is 4.98 Å². The standard InChI is InChI=1S/C22H24N6O2/c1-12-4-6-15(7-5-12)18(20(24)30)27-22-25-11-17(19(23)29)21(28-22)26-16-9-13(2)8-14(3)10-16/h4-11,18H,1-3H3,(H2,23,29)(H2,24,30)(H2,25,26,27,28). The molecule has 8 heteroatoms. The third-order valence-electron chi connectivity index (χ3n) is 4.51. The molecule has 2 amide bonds. The Labute approximate surface area is 174 Å². The molecule has 1 heterocycles. The van der Waals surface area contributed by atoms with Crippen LogP contribution in [0, 0.1) is 20.8 Å². The summed E-state index contributed by atoms with van der Waals surface area (Å²) in [6.07, 6.45) is 1.32. The number of hydrogen-bond donors (Lipinski definition) is 4. The summed E-state index contributed by atoms with van der Waals surface area (Å²) in [5, 5.41) is 6.06. The average Bonchev–Trinajstić information content (AvgIpc) is 2.66. The maximum absolute atomic E-state index is 12.0. The van der Waals surface area contributed by atoms with Crippen molar-refractivity contribution < 1.29 is 9.59 Å². The lowest BCUT2D eigenvalue weighted by Gasteiger charge is -2.17. The van der Waals surface area contributed by atoms with Crippen LogP contribution < -0.4 is 22.1 Å². The number of anilines is 3. The molecule has 0 aliphatic rings. The Balaban J connectivity index is 1.95. The number of aryl methyl sites for hydroxylation is 3. The van der Waals surface area contributed by atoms with Crippen molar-refractivity contribution in [2.75, 3.05) is 10.6 Å². The van der Waals surface area contributed by atoms with Crippen molar-refractivity contribution in [1.82, 2.24) is 9.97 Å². The molecule has 0 spiro atoms. The van der Waals surface area contributed by atoms with Crippen molar-refractivity contribution in [2.24, 2.45) is 11.5 Å². The fourth-order valence-corrected chi connectivity index (χ4v) is 3.12. The van der Waals surface area contributed by atoms with Crippen LogP contribution in [0.4, 0.5) is 17.5 Å². The molecule has 0 bridgehead atoms. The smallest absolute Gasteiger partial charge is 0.254 e. The number of aromatic nitrogens is 2. The Kier molecular flexibility index (Phi) is 5.96. The molecule has 6 N–H and O–H groups in total. The maximum atomic E-state index is 12.0. The lowest BCUT2D eigenvalue weighted by atomic mass is 10.0. The number of benzene rings is 2. The van der Waals surface area contributed by atoms with Crippen molar-refractivity contribution in [2.45, 2.75) is 26.8 Å². The summed E-state index contributed by atoms with van der Waals surface area (Å²) in [5.41, 5.74) is 15.8. The van der Waals surface area contributed by atoms with E-state index in [4.69, 9.17) is 11.5 Å². The molecule has 30 heavy (non-hydrogen) atoms. The molecular weight excluding hydrogens is 380 g/mol. The van der Waals surface area contributed by atoms with E-state index < -0.39 is 17.9 Å². The van der Waals surface area contributed by atoms with E-state index in [1.807, 2.05) is 63.2 Å². The fourth-order valence-electron chi connectivity index (χ4n) is 3.12. The molecule has 0 radical (unpaired) electrons. The molecule has 3 rings (SSSR count). The van der Waals surface area contributed by atoms with Crippen LogP contribution in [-0.4, -0.2) is 21.8 Å². The van der Waals surface area contributed by atoms with E-state index in [-0.39, 0.29) is 17.3 Å². The normalized spacial score (nSPS) is 11.6. The van der Waals surface area contributed by atoms with E-state index in [0.29, 0.717) is 5.56 Å². The lowest BCUT2D eigenvalue weighted by Crippen LogP contribution is -2.28. The Hall–Kier alpha value is -3.94. The molecule has 1 unspecified atom stereocenters. The van der Waals surface area contributed by atoms with Crippen LogP contribution in [0.25, 0.3) is 0 Å². The van der Waals surface area contributed by atoms with E-state index in [2.05, 4.69) is 20.6 Å². The number of nitrogens with zero attached hydrogens (tertiary/aromatic N) is 2. The average molecular weight is 404 g/mol. The summed E-state index contributed by atoms with van der Waals surface area (Å²) < 4.78 is 0. The van der Waals surface area contributed by atoms with Gasteiger partial charge in [0.05, 0.1) is 0 Å². The highest BCUT2D eigenvalue weighted by Crippen LogP contribution is 2.24. The number of nitrogens with two attached hydrogens (primary N) is 2. The van der Waals surface area contributed by atoms with Gasteiger partial charge in [0, 0.05) is 11.9 Å². The number of hydrogen-bond acceptors (Lipinski definition) is 6. The van der Waals surface area contributed by atoms with E-state index in [9.17, 15) is 9.59 Å². The minimum Gasteiger partial charge on any atom is -0.368 e. The minimum absolute atomic E-state index is 0.130. The molecule has 0 saturated carbocycles. The van der Waals surface area contributed by atoms with Crippen molar-refractivity contribution in [3.05, 3.63) is 76.5 Å². The van der Waals surface area contributed by atoms with Gasteiger partial charge < -0.3 is 22.1 Å². The first kappa shape index (κ1) is 20.8. The van der Waals surface area contributed by atoms with E-state index >= 15 is 0 Å². The topological polar surface area (TPSA) is 136 Å². The summed E-state index contributed by atoms with van der Waals surface area (Å²) in [6, 6.07) is 12.4. The number of nitrogens with one attached hydrogen (secondary N) is 2. The van der Waals surface area contributed by atoms with Gasteiger partial charge in [0.25, 0.3) is 5.91 Å². The van der Waals surface area contributed by atoms with Gasteiger partial charge in [-0.1, -0.05) is 35.9 Å². The SMILES string of the molecule is Cc1ccc(C(Nc2ncc(C(N)=O)c(Nc3cc(C)cc(C)c3)n2)C(N)=O)cc1. The zero-order chi connectivity index (χ0) is 21.8. The van der Waals surface area contributed by atoms with Gasteiger partial charge in [0.15, 0.2) is 0 Å². The number of carbonyl (C=O) groups excluding carboxylic acids is 2. The van der Waals surface area contributed by atoms with Crippen LogP contribution in [0.2, 0.25) is 0 Å². The van der Waals surface area contributed by atoms with Crippen LogP contribution >= 0.6 is 0 Å². The molecule has 2 aromatic carbocycles. The monoisotopic (exact) mass is 404 g/mol. The molecule has 154 valence electrons. The first-order valence-electron chi connectivity index (χ1n) is 9.37. The second-order valence-electron chi connectivity index (χ2n) is 7.21. The summed E-state index contributed by atoms with van der Waals surface area (Å²) in [7, 11) is 0. The van der Waals surface area contributed by atoms with Gasteiger partial charge in [-0.15, -0.1) is 0 Å². The highest BCUT2D eigenvalue weighted by molar-refractivity contribution is 5.98. The largest absolute Gasteiger partial charge is 0.368 e. The van der Waals surface area contributed by atoms with Crippen LogP contribution in [-0.2, 0) is 4.79 Å². The van der Waals surface area contributed by atoms with Gasteiger partial charge in [0.1, 0.15) is 17.4 Å². The number of primary amides is 2. The summed E-state index contributed by atoms with van der Waals surface area (Å²) in [4.78, 5) is 32.4. The van der Waals surface area contributed by atoms with Crippen LogP contribution in [0.5, 0.6) is 0 Å². The summed E-state index contributed by atoms with van der Waals surface area (Å²) in [5.74, 6) is -0.878. The molecular formula is C22H24N6O2. The van der Waals surface area contributed by atoms with Gasteiger partial charge in [-0.05, 0) is 49.6 Å². The number of amides is 2. The Bertz CT molecular complexity index is 1080. The maximum Gasteiger partial charge on any atom is 0.254 e. The van der Waals surface area contributed by atoms with Crippen LogP contribution in [0.3, 0.4) is 0 Å². The summed E-state index contributed by atoms with van der Waals surface area (Å²) >= 11 is 0. The second-order valence-corrected chi connectivity index (χ2v) is 7.21. The van der Waals surface area contributed by atoms with Crippen molar-refractivity contribution in [1.29, 1.82) is 0 Å². The predicted molar refractivity (Wildman–Crippen MR) is 116 cm³/mol. The summed E-state index contributed by atoms with van der Waals surface area (Å²) in [6.45, 7) is 5.89. The molecule has 1 atom stereocenters. The fraction of sp³-hybridized carbons (Fsp3) is 0.182.